The maximum atomic E-state index is 12.0. The van der Waals surface area contributed by atoms with Crippen LogP contribution < -0.4 is 0 Å². The lowest BCUT2D eigenvalue weighted by atomic mass is 10.1. The van der Waals surface area contributed by atoms with E-state index in [4.69, 9.17) is 12.2 Å². The van der Waals surface area contributed by atoms with Gasteiger partial charge in [-0.15, -0.1) is 0 Å². The summed E-state index contributed by atoms with van der Waals surface area (Å²) in [5, 5.41) is 0. The molecule has 1 aromatic carbocycles. The van der Waals surface area contributed by atoms with Crippen molar-refractivity contribution in [3.63, 3.8) is 0 Å². The second-order valence-electron chi connectivity index (χ2n) is 3.71. The number of benzene rings is 1. The van der Waals surface area contributed by atoms with Gasteiger partial charge in [0.25, 0.3) is 5.91 Å². The number of hydrogen-bond donors (Lipinski definition) is 0. The molecule has 18 heavy (non-hydrogen) atoms. The average molecular weight is 277 g/mol. The van der Waals surface area contributed by atoms with Crippen molar-refractivity contribution in [1.29, 1.82) is 0 Å². The molecular weight excluding hydrogens is 266 g/mol. The number of likely N-dealkylation sites (N-methyl/N-ethyl adjacent to an activating group) is 1. The van der Waals surface area contributed by atoms with Crippen LogP contribution in [-0.2, 0) is 4.79 Å². The van der Waals surface area contributed by atoms with E-state index in [0.717, 1.165) is 11.8 Å². The summed E-state index contributed by atoms with van der Waals surface area (Å²) in [5.74, 6) is -0.0491. The minimum atomic E-state index is -0.0491. The molecule has 0 bridgehead atoms. The van der Waals surface area contributed by atoms with Gasteiger partial charge in [0.15, 0.2) is 0 Å². The Morgan fingerprint density at radius 2 is 1.89 bits per heavy atom. The van der Waals surface area contributed by atoms with Crippen molar-refractivity contribution >= 4 is 46.6 Å². The topological polar surface area (TPSA) is 37.4 Å². The lowest BCUT2D eigenvalue weighted by molar-refractivity contribution is -0.121. The summed E-state index contributed by atoms with van der Waals surface area (Å²) in [5.41, 5.74) is 1.51. The monoisotopic (exact) mass is 277 g/mol. The van der Waals surface area contributed by atoms with Gasteiger partial charge in [-0.2, -0.15) is 0 Å². The molecule has 1 saturated heterocycles. The second-order valence-corrected chi connectivity index (χ2v) is 5.39. The van der Waals surface area contributed by atoms with Crippen LogP contribution in [-0.4, -0.2) is 28.0 Å². The number of nitrogens with zero attached hydrogens (tertiary/aromatic N) is 1. The van der Waals surface area contributed by atoms with Gasteiger partial charge in [-0.05, 0) is 18.6 Å². The molecule has 0 aliphatic carbocycles. The van der Waals surface area contributed by atoms with E-state index in [9.17, 15) is 9.59 Å². The molecule has 1 aliphatic rings. The van der Waals surface area contributed by atoms with Crippen molar-refractivity contribution in [2.24, 2.45) is 0 Å². The Hall–Kier alpha value is -1.46. The Morgan fingerprint density at radius 1 is 1.28 bits per heavy atom. The fourth-order valence-electron chi connectivity index (χ4n) is 1.59. The molecule has 0 aromatic heterocycles. The van der Waals surface area contributed by atoms with Crippen molar-refractivity contribution in [1.82, 2.24) is 4.90 Å². The molecule has 0 N–H and O–H groups in total. The molecule has 3 nitrogen and oxygen atoms in total. The third-order valence-corrected chi connectivity index (χ3v) is 3.94. The van der Waals surface area contributed by atoms with Gasteiger partial charge in [0, 0.05) is 12.1 Å². The normalized spacial score (nSPS) is 17.6. The van der Waals surface area contributed by atoms with Crippen LogP contribution in [0.25, 0.3) is 6.08 Å². The molecule has 2 rings (SSSR count). The summed E-state index contributed by atoms with van der Waals surface area (Å²) in [6.45, 7) is 2.48. The highest BCUT2D eigenvalue weighted by molar-refractivity contribution is 8.26. The Balaban J connectivity index is 2.25. The standard InChI is InChI=1S/C13H11NO2S2/c1-2-14-12(16)11(18-13(14)17)7-9-3-5-10(8-15)6-4-9/h3-8H,2H2,1H3. The number of carbonyl (C=O) groups excluding carboxylic acids is 2. The van der Waals surface area contributed by atoms with E-state index in [1.807, 2.05) is 19.1 Å². The highest BCUT2D eigenvalue weighted by Crippen LogP contribution is 2.32. The van der Waals surface area contributed by atoms with Crippen molar-refractivity contribution in [3.05, 3.63) is 40.3 Å². The van der Waals surface area contributed by atoms with Gasteiger partial charge in [0.1, 0.15) is 10.6 Å². The van der Waals surface area contributed by atoms with Gasteiger partial charge in [-0.3, -0.25) is 14.5 Å². The number of amides is 1. The fourth-order valence-corrected chi connectivity index (χ4v) is 2.98. The van der Waals surface area contributed by atoms with E-state index in [0.29, 0.717) is 21.3 Å². The lowest BCUT2D eigenvalue weighted by Crippen LogP contribution is -2.27. The second kappa shape index (κ2) is 5.46. The smallest absolute Gasteiger partial charge is 0.266 e. The van der Waals surface area contributed by atoms with Crippen molar-refractivity contribution in [3.8, 4) is 0 Å². The summed E-state index contributed by atoms with van der Waals surface area (Å²) in [4.78, 5) is 24.7. The van der Waals surface area contributed by atoms with E-state index in [1.165, 1.54) is 11.8 Å². The van der Waals surface area contributed by atoms with Gasteiger partial charge in [0.05, 0.1) is 4.91 Å². The molecule has 0 radical (unpaired) electrons. The first kappa shape index (κ1) is 13.0. The number of rotatable bonds is 3. The largest absolute Gasteiger partial charge is 0.298 e. The highest BCUT2D eigenvalue weighted by Gasteiger charge is 2.30. The Kier molecular flexibility index (Phi) is 3.93. The number of thiocarbonyl (C=S) groups is 1. The molecule has 0 unspecified atom stereocenters. The zero-order valence-corrected chi connectivity index (χ0v) is 11.4. The minimum Gasteiger partial charge on any atom is -0.298 e. The van der Waals surface area contributed by atoms with E-state index < -0.39 is 0 Å². The fraction of sp³-hybridized carbons (Fsp3) is 0.154. The zero-order chi connectivity index (χ0) is 13.1. The van der Waals surface area contributed by atoms with Crippen LogP contribution in [0.4, 0.5) is 0 Å². The lowest BCUT2D eigenvalue weighted by Gasteiger charge is -2.09. The van der Waals surface area contributed by atoms with E-state index in [2.05, 4.69) is 0 Å². The summed E-state index contributed by atoms with van der Waals surface area (Å²) >= 11 is 6.44. The van der Waals surface area contributed by atoms with Gasteiger partial charge in [-0.25, -0.2) is 0 Å². The number of thioether (sulfide) groups is 1. The van der Waals surface area contributed by atoms with Crippen LogP contribution in [0, 0.1) is 0 Å². The average Bonchev–Trinajstić information content (AvgIpc) is 2.65. The van der Waals surface area contributed by atoms with Crippen molar-refractivity contribution in [2.75, 3.05) is 6.54 Å². The van der Waals surface area contributed by atoms with Crippen LogP contribution >= 0.6 is 24.0 Å². The highest BCUT2D eigenvalue weighted by atomic mass is 32.2. The van der Waals surface area contributed by atoms with Gasteiger partial charge >= 0.3 is 0 Å². The van der Waals surface area contributed by atoms with Crippen molar-refractivity contribution in [2.45, 2.75) is 6.92 Å². The molecule has 1 aliphatic heterocycles. The number of hydrogen-bond acceptors (Lipinski definition) is 4. The third-order valence-electron chi connectivity index (χ3n) is 2.56. The molecule has 1 heterocycles. The first-order valence-electron chi connectivity index (χ1n) is 5.46. The molecule has 92 valence electrons. The molecule has 0 spiro atoms. The molecule has 1 fully saturated rings. The Labute approximate surface area is 115 Å². The SMILES string of the molecule is CCN1C(=O)C(=Cc2ccc(C=O)cc2)SC1=S. The van der Waals surface area contributed by atoms with Gasteiger partial charge in [-0.1, -0.05) is 48.2 Å². The third kappa shape index (κ3) is 2.52. The van der Waals surface area contributed by atoms with E-state index in [-0.39, 0.29) is 5.91 Å². The summed E-state index contributed by atoms with van der Waals surface area (Å²) in [6.07, 6.45) is 2.59. The predicted octanol–water partition coefficient (Wildman–Crippen LogP) is 2.72. The van der Waals surface area contributed by atoms with Gasteiger partial charge < -0.3 is 0 Å². The molecule has 0 atom stereocenters. The first-order valence-corrected chi connectivity index (χ1v) is 6.68. The molecule has 1 amide bonds. The van der Waals surface area contributed by atoms with E-state index >= 15 is 0 Å². The number of carbonyl (C=O) groups is 2. The van der Waals surface area contributed by atoms with E-state index in [1.54, 1.807) is 23.1 Å². The maximum absolute atomic E-state index is 12.0. The van der Waals surface area contributed by atoms with Crippen LogP contribution in [0.2, 0.25) is 0 Å². The van der Waals surface area contributed by atoms with Crippen LogP contribution in [0.5, 0.6) is 0 Å². The summed E-state index contributed by atoms with van der Waals surface area (Å²) in [7, 11) is 0. The first-order chi connectivity index (χ1) is 8.65. The van der Waals surface area contributed by atoms with Crippen LogP contribution in [0.1, 0.15) is 22.8 Å². The molecule has 5 heteroatoms. The van der Waals surface area contributed by atoms with Gasteiger partial charge in [0.2, 0.25) is 0 Å². The van der Waals surface area contributed by atoms with Crippen LogP contribution in [0.3, 0.4) is 0 Å². The quantitative estimate of drug-likeness (QED) is 0.483. The minimum absolute atomic E-state index is 0.0491. The van der Waals surface area contributed by atoms with Crippen LogP contribution in [0.15, 0.2) is 29.2 Å². The summed E-state index contributed by atoms with van der Waals surface area (Å²) in [6, 6.07) is 7.06. The number of aldehydes is 1. The summed E-state index contributed by atoms with van der Waals surface area (Å²) < 4.78 is 0.596. The molecular formula is C13H11NO2S2. The Bertz CT molecular complexity index is 534. The molecule has 1 aromatic rings. The molecule has 0 saturated carbocycles. The zero-order valence-electron chi connectivity index (χ0n) is 9.75. The maximum Gasteiger partial charge on any atom is 0.266 e. The van der Waals surface area contributed by atoms with Crippen molar-refractivity contribution < 1.29 is 9.59 Å². The predicted molar refractivity (Wildman–Crippen MR) is 77.4 cm³/mol. The Morgan fingerprint density at radius 3 is 2.39 bits per heavy atom.